The Bertz CT molecular complexity index is 338. The minimum absolute atomic E-state index is 0.606. The average molecular weight is 262 g/mol. The Labute approximate surface area is 117 Å². The maximum Gasteiger partial charge on any atom is 0.134 e. The van der Waals surface area contributed by atoms with Crippen LogP contribution < -0.4 is 0 Å². The van der Waals surface area contributed by atoms with Gasteiger partial charge in [-0.1, -0.05) is 69.9 Å². The van der Waals surface area contributed by atoms with E-state index in [0.717, 1.165) is 12.8 Å². The van der Waals surface area contributed by atoms with Crippen molar-refractivity contribution in [3.05, 3.63) is 12.7 Å². The second-order valence-corrected chi connectivity index (χ2v) is 4.65. The molecule has 0 saturated heterocycles. The molecule has 0 aliphatic carbocycles. The molecule has 0 aliphatic rings. The summed E-state index contributed by atoms with van der Waals surface area (Å²) in [5.74, 6) is 10.2. The monoisotopic (exact) mass is 262 g/mol. The van der Waals surface area contributed by atoms with Crippen LogP contribution in [-0.2, 0) is 0 Å². The molecule has 0 aromatic carbocycles. The maximum atomic E-state index is 9.59. The molecule has 0 saturated carbocycles. The van der Waals surface area contributed by atoms with Crippen LogP contribution in [0, 0.1) is 23.7 Å². The lowest BCUT2D eigenvalue weighted by Gasteiger charge is -2.03. The van der Waals surface area contributed by atoms with Gasteiger partial charge in [0, 0.05) is 0 Å². The van der Waals surface area contributed by atoms with Gasteiger partial charge < -0.3 is 10.2 Å². The lowest BCUT2D eigenvalue weighted by Crippen LogP contribution is -2.02. The van der Waals surface area contributed by atoms with E-state index in [4.69, 9.17) is 5.11 Å². The largest absolute Gasteiger partial charge is 0.380 e. The van der Waals surface area contributed by atoms with E-state index < -0.39 is 12.2 Å². The van der Waals surface area contributed by atoms with Crippen LogP contribution in [0.3, 0.4) is 0 Å². The Morgan fingerprint density at radius 2 is 1.53 bits per heavy atom. The summed E-state index contributed by atoms with van der Waals surface area (Å²) in [5, 5.41) is 18.7. The van der Waals surface area contributed by atoms with E-state index in [1.165, 1.54) is 38.2 Å². The molecular weight excluding hydrogens is 236 g/mol. The van der Waals surface area contributed by atoms with Gasteiger partial charge in [-0.2, -0.15) is 0 Å². The van der Waals surface area contributed by atoms with Gasteiger partial charge in [0.25, 0.3) is 0 Å². The van der Waals surface area contributed by atoms with Crippen LogP contribution in [0.5, 0.6) is 0 Å². The third-order valence-electron chi connectivity index (χ3n) is 2.83. The predicted molar refractivity (Wildman–Crippen MR) is 80.4 cm³/mol. The van der Waals surface area contributed by atoms with E-state index >= 15 is 0 Å². The third-order valence-corrected chi connectivity index (χ3v) is 2.83. The minimum Gasteiger partial charge on any atom is -0.380 e. The molecule has 106 valence electrons. The molecule has 0 bridgehead atoms. The summed E-state index contributed by atoms with van der Waals surface area (Å²) in [4.78, 5) is 0. The molecule has 19 heavy (non-hydrogen) atoms. The lowest BCUT2D eigenvalue weighted by molar-refractivity contribution is 0.217. The second kappa shape index (κ2) is 13.2. The number of unbranched alkanes of at least 4 members (excludes halogenated alkanes) is 6. The second-order valence-electron chi connectivity index (χ2n) is 4.65. The van der Waals surface area contributed by atoms with Crippen molar-refractivity contribution in [3.8, 4) is 23.7 Å². The highest BCUT2D eigenvalue weighted by Crippen LogP contribution is 2.09. The SMILES string of the molecule is C=C[C@H](O)C#CC#C[C@H](O)CCCCCCCCC. The third kappa shape index (κ3) is 13.0. The van der Waals surface area contributed by atoms with Crippen molar-refractivity contribution < 1.29 is 10.2 Å². The minimum atomic E-state index is -0.838. The number of hydrogen-bond acceptors (Lipinski definition) is 2. The van der Waals surface area contributed by atoms with Crippen molar-refractivity contribution in [2.45, 2.75) is 70.5 Å². The van der Waals surface area contributed by atoms with E-state index in [1.54, 1.807) is 0 Å². The smallest absolute Gasteiger partial charge is 0.134 e. The van der Waals surface area contributed by atoms with Gasteiger partial charge in [-0.25, -0.2) is 0 Å². The predicted octanol–water partition coefficient (Wildman–Crippen LogP) is 3.04. The van der Waals surface area contributed by atoms with E-state index in [-0.39, 0.29) is 0 Å². The number of aliphatic hydroxyl groups excluding tert-OH is 2. The molecule has 0 aromatic rings. The molecule has 2 nitrogen and oxygen atoms in total. The van der Waals surface area contributed by atoms with Crippen LogP contribution in [-0.4, -0.2) is 22.4 Å². The lowest BCUT2D eigenvalue weighted by atomic mass is 10.1. The summed E-state index contributed by atoms with van der Waals surface area (Å²) in [6.45, 7) is 5.62. The van der Waals surface area contributed by atoms with Gasteiger partial charge in [-0.15, -0.1) is 0 Å². The zero-order chi connectivity index (χ0) is 14.3. The molecule has 2 heteroatoms. The first-order valence-corrected chi connectivity index (χ1v) is 7.20. The molecule has 0 radical (unpaired) electrons. The summed E-state index contributed by atoms with van der Waals surface area (Å²) in [6.07, 6.45) is 9.20. The van der Waals surface area contributed by atoms with E-state index in [2.05, 4.69) is 37.2 Å². The van der Waals surface area contributed by atoms with Crippen LogP contribution in [0.1, 0.15) is 58.3 Å². The standard InChI is InChI=1S/C17H26O2/c1-3-5-6-7-8-9-10-14-17(19)15-12-11-13-16(18)4-2/h4,16-19H,2-3,5-10,14H2,1H3/t16-,17+/m0/s1. The Kier molecular flexibility index (Phi) is 12.4. The Hall–Kier alpha value is -1.22. The topological polar surface area (TPSA) is 40.5 Å². The molecule has 2 N–H and O–H groups in total. The van der Waals surface area contributed by atoms with Crippen LogP contribution in [0.15, 0.2) is 12.7 Å². The van der Waals surface area contributed by atoms with Gasteiger partial charge in [0.2, 0.25) is 0 Å². The van der Waals surface area contributed by atoms with E-state index in [1.807, 2.05) is 0 Å². The normalized spacial score (nSPS) is 12.6. The van der Waals surface area contributed by atoms with Crippen molar-refractivity contribution >= 4 is 0 Å². The summed E-state index contributed by atoms with van der Waals surface area (Å²) >= 11 is 0. The molecule has 0 rings (SSSR count). The van der Waals surface area contributed by atoms with Crippen LogP contribution in [0.4, 0.5) is 0 Å². The quantitative estimate of drug-likeness (QED) is 0.381. The van der Waals surface area contributed by atoms with Crippen molar-refractivity contribution in [3.63, 3.8) is 0 Å². The fraction of sp³-hybridized carbons (Fsp3) is 0.647. The van der Waals surface area contributed by atoms with Crippen LogP contribution in [0.2, 0.25) is 0 Å². The van der Waals surface area contributed by atoms with Gasteiger partial charge in [0.15, 0.2) is 0 Å². The molecule has 0 aliphatic heterocycles. The van der Waals surface area contributed by atoms with E-state index in [0.29, 0.717) is 6.42 Å². The maximum absolute atomic E-state index is 9.59. The summed E-state index contributed by atoms with van der Waals surface area (Å²) in [6, 6.07) is 0. The van der Waals surface area contributed by atoms with Crippen molar-refractivity contribution in [1.82, 2.24) is 0 Å². The van der Waals surface area contributed by atoms with Crippen molar-refractivity contribution in [2.75, 3.05) is 0 Å². The van der Waals surface area contributed by atoms with Crippen LogP contribution >= 0.6 is 0 Å². The molecular formula is C17H26O2. The first kappa shape index (κ1) is 17.8. The fourth-order valence-corrected chi connectivity index (χ4v) is 1.66. The first-order chi connectivity index (χ1) is 9.20. The molecule has 0 amide bonds. The highest BCUT2D eigenvalue weighted by atomic mass is 16.3. The summed E-state index contributed by atoms with van der Waals surface area (Å²) < 4.78 is 0. The molecule has 0 spiro atoms. The van der Waals surface area contributed by atoms with Crippen LogP contribution in [0.25, 0.3) is 0 Å². The van der Waals surface area contributed by atoms with Gasteiger partial charge in [-0.3, -0.25) is 0 Å². The van der Waals surface area contributed by atoms with E-state index in [9.17, 15) is 5.11 Å². The number of rotatable bonds is 9. The van der Waals surface area contributed by atoms with Crippen molar-refractivity contribution in [1.29, 1.82) is 0 Å². The molecule has 0 aromatic heterocycles. The highest BCUT2D eigenvalue weighted by molar-refractivity contribution is 5.29. The number of hydrogen-bond donors (Lipinski definition) is 2. The Balaban J connectivity index is 3.58. The molecule has 0 heterocycles. The zero-order valence-corrected chi connectivity index (χ0v) is 12.0. The fourth-order valence-electron chi connectivity index (χ4n) is 1.66. The average Bonchev–Trinajstić information content (AvgIpc) is 2.42. The molecule has 0 fully saturated rings. The van der Waals surface area contributed by atoms with Gasteiger partial charge in [0.1, 0.15) is 12.2 Å². The Morgan fingerprint density at radius 3 is 2.16 bits per heavy atom. The first-order valence-electron chi connectivity index (χ1n) is 7.20. The molecule has 2 atom stereocenters. The van der Waals surface area contributed by atoms with Gasteiger partial charge >= 0.3 is 0 Å². The highest BCUT2D eigenvalue weighted by Gasteiger charge is 1.98. The molecule has 0 unspecified atom stereocenters. The van der Waals surface area contributed by atoms with Gasteiger partial charge in [0.05, 0.1) is 0 Å². The van der Waals surface area contributed by atoms with Crippen molar-refractivity contribution in [2.24, 2.45) is 0 Å². The van der Waals surface area contributed by atoms with Gasteiger partial charge in [-0.05, 0) is 24.7 Å². The number of aliphatic hydroxyl groups is 2. The summed E-state index contributed by atoms with van der Waals surface area (Å²) in [7, 11) is 0. The Morgan fingerprint density at radius 1 is 0.947 bits per heavy atom. The summed E-state index contributed by atoms with van der Waals surface area (Å²) in [5.41, 5.74) is 0. The zero-order valence-electron chi connectivity index (χ0n) is 12.0.